The van der Waals surface area contributed by atoms with Gasteiger partial charge in [0, 0.05) is 29.1 Å². The van der Waals surface area contributed by atoms with Crippen molar-refractivity contribution in [3.05, 3.63) is 47.9 Å². The number of aromatic nitrogens is 2. The molecule has 0 bridgehead atoms. The molecule has 1 aromatic carbocycles. The molecule has 2 heterocycles. The molecule has 4 nitrogen and oxygen atoms in total. The Labute approximate surface area is 184 Å². The first-order valence-electron chi connectivity index (χ1n) is 10.7. The average molecular weight is 429 g/mol. The van der Waals surface area contributed by atoms with Crippen LogP contribution >= 0.6 is 12.4 Å². The highest BCUT2D eigenvalue weighted by molar-refractivity contribution is 5.95. The normalized spacial score (nSPS) is 14.5. The number of benzene rings is 1. The average Bonchev–Trinajstić information content (AvgIpc) is 2.75. The molecule has 1 aliphatic carbocycles. The highest BCUT2D eigenvalue weighted by Crippen LogP contribution is 2.35. The Morgan fingerprint density at radius 3 is 2.43 bits per heavy atom. The number of pyridine rings is 2. The van der Waals surface area contributed by atoms with Gasteiger partial charge in [-0.15, -0.1) is 12.4 Å². The van der Waals surface area contributed by atoms with Gasteiger partial charge in [-0.25, -0.2) is 14.4 Å². The molecule has 2 aromatic heterocycles. The summed E-state index contributed by atoms with van der Waals surface area (Å²) in [6.45, 7) is 5.08. The fraction of sp³-hybridized carbons (Fsp3) is 0.417. The number of aryl methyl sites for hydroxylation is 1. The van der Waals surface area contributed by atoms with Gasteiger partial charge in [0.1, 0.15) is 17.5 Å². The lowest BCUT2D eigenvalue weighted by molar-refractivity contribution is 0.416. The van der Waals surface area contributed by atoms with Crippen LogP contribution in [0.2, 0.25) is 0 Å². The van der Waals surface area contributed by atoms with Gasteiger partial charge in [0.15, 0.2) is 0 Å². The van der Waals surface area contributed by atoms with E-state index in [0.717, 1.165) is 29.0 Å². The summed E-state index contributed by atoms with van der Waals surface area (Å²) < 4.78 is 15.1. The van der Waals surface area contributed by atoms with Crippen LogP contribution in [0.4, 0.5) is 16.0 Å². The predicted octanol–water partition coefficient (Wildman–Crippen LogP) is 6.16. The summed E-state index contributed by atoms with van der Waals surface area (Å²) in [7, 11) is 0. The third-order valence-electron chi connectivity index (χ3n) is 6.05. The summed E-state index contributed by atoms with van der Waals surface area (Å²) in [5.41, 5.74) is 8.65. The van der Waals surface area contributed by atoms with Crippen molar-refractivity contribution < 1.29 is 4.39 Å². The van der Waals surface area contributed by atoms with E-state index in [-0.39, 0.29) is 18.2 Å². The minimum atomic E-state index is -0.274. The van der Waals surface area contributed by atoms with E-state index in [1.54, 1.807) is 12.1 Å². The first kappa shape index (κ1) is 22.3. The van der Waals surface area contributed by atoms with Gasteiger partial charge in [-0.3, -0.25) is 0 Å². The van der Waals surface area contributed by atoms with Crippen molar-refractivity contribution in [2.24, 2.45) is 0 Å². The quantitative estimate of drug-likeness (QED) is 0.528. The molecule has 3 aromatic rings. The van der Waals surface area contributed by atoms with Gasteiger partial charge in [-0.1, -0.05) is 26.2 Å². The predicted molar refractivity (Wildman–Crippen MR) is 126 cm³/mol. The maximum Gasteiger partial charge on any atom is 0.133 e. The second kappa shape index (κ2) is 9.61. The molecule has 1 fully saturated rings. The number of hydrogen-bond acceptors (Lipinski definition) is 4. The number of halogens is 2. The molecule has 0 saturated heterocycles. The topological polar surface area (TPSA) is 55.0 Å². The van der Waals surface area contributed by atoms with E-state index >= 15 is 4.39 Å². The Kier molecular flexibility index (Phi) is 7.14. The molecule has 0 spiro atoms. The molecule has 1 saturated carbocycles. The second-order valence-corrected chi connectivity index (χ2v) is 7.83. The Hall–Kier alpha value is -2.40. The lowest BCUT2D eigenvalue weighted by atomic mass is 9.94. The Morgan fingerprint density at radius 1 is 1.00 bits per heavy atom. The van der Waals surface area contributed by atoms with Crippen LogP contribution in [-0.2, 0) is 6.42 Å². The summed E-state index contributed by atoms with van der Waals surface area (Å²) in [5.74, 6) is 1.11. The standard InChI is InChI=1S/C24H29FN4.ClH/c1-3-20-18(12-14-21(26)27-20)23-19(25)13-10-16-11-15-22(28-24(16)23)29(4-2)17-8-6-5-7-9-17;/h10-15,17H,3-9H2,1-2H3,(H2,26,27);1H. The fourth-order valence-electron chi connectivity index (χ4n) is 4.59. The second-order valence-electron chi connectivity index (χ2n) is 7.83. The number of rotatable bonds is 5. The summed E-state index contributed by atoms with van der Waals surface area (Å²) in [5, 5.41) is 0.934. The van der Waals surface area contributed by atoms with Crippen LogP contribution in [0.1, 0.15) is 51.6 Å². The van der Waals surface area contributed by atoms with Crippen LogP contribution in [0, 0.1) is 5.82 Å². The molecule has 0 unspecified atom stereocenters. The zero-order valence-corrected chi connectivity index (χ0v) is 18.5. The lowest BCUT2D eigenvalue weighted by Gasteiger charge is -2.34. The first-order valence-corrected chi connectivity index (χ1v) is 10.7. The van der Waals surface area contributed by atoms with E-state index in [0.29, 0.717) is 29.4 Å². The van der Waals surface area contributed by atoms with Crippen molar-refractivity contribution in [1.82, 2.24) is 9.97 Å². The summed E-state index contributed by atoms with van der Waals surface area (Å²) in [6.07, 6.45) is 6.94. The van der Waals surface area contributed by atoms with E-state index < -0.39 is 0 Å². The van der Waals surface area contributed by atoms with Gasteiger partial charge < -0.3 is 10.6 Å². The van der Waals surface area contributed by atoms with Crippen LogP contribution in [0.3, 0.4) is 0 Å². The number of nitrogens with two attached hydrogens (primary N) is 1. The highest BCUT2D eigenvalue weighted by Gasteiger charge is 2.22. The molecule has 30 heavy (non-hydrogen) atoms. The number of nitrogen functional groups attached to an aromatic ring is 1. The zero-order chi connectivity index (χ0) is 20.4. The lowest BCUT2D eigenvalue weighted by Crippen LogP contribution is -2.37. The van der Waals surface area contributed by atoms with E-state index in [2.05, 4.69) is 28.9 Å². The third kappa shape index (κ3) is 4.22. The Morgan fingerprint density at radius 2 is 1.73 bits per heavy atom. The van der Waals surface area contributed by atoms with E-state index in [1.165, 1.54) is 38.2 Å². The molecule has 2 N–H and O–H groups in total. The largest absolute Gasteiger partial charge is 0.384 e. The van der Waals surface area contributed by atoms with Crippen LogP contribution < -0.4 is 10.6 Å². The molecule has 0 amide bonds. The number of hydrogen-bond donors (Lipinski definition) is 1. The van der Waals surface area contributed by atoms with E-state index in [4.69, 9.17) is 10.7 Å². The molecular formula is C24H30ClFN4. The molecule has 6 heteroatoms. The maximum atomic E-state index is 15.1. The van der Waals surface area contributed by atoms with Gasteiger partial charge in [0.25, 0.3) is 0 Å². The fourth-order valence-corrected chi connectivity index (χ4v) is 4.59. The Bertz CT molecular complexity index is 1020. The molecule has 160 valence electrons. The zero-order valence-electron chi connectivity index (χ0n) is 17.7. The number of fused-ring (bicyclic) bond motifs is 1. The summed E-state index contributed by atoms with van der Waals surface area (Å²) in [4.78, 5) is 11.8. The van der Waals surface area contributed by atoms with Crippen molar-refractivity contribution in [3.8, 4) is 11.1 Å². The van der Waals surface area contributed by atoms with Gasteiger partial charge in [-0.2, -0.15) is 0 Å². The molecule has 4 rings (SSSR count). The summed E-state index contributed by atoms with van der Waals surface area (Å²) >= 11 is 0. The van der Waals surface area contributed by atoms with Crippen molar-refractivity contribution in [2.45, 2.75) is 58.4 Å². The van der Waals surface area contributed by atoms with Crippen LogP contribution in [0.25, 0.3) is 22.0 Å². The van der Waals surface area contributed by atoms with Crippen LogP contribution in [-0.4, -0.2) is 22.6 Å². The van der Waals surface area contributed by atoms with Gasteiger partial charge in [0.2, 0.25) is 0 Å². The SMILES string of the molecule is CCc1nc(N)ccc1-c1c(F)ccc2ccc(N(CC)C3CCCCC3)nc12.Cl. The van der Waals surface area contributed by atoms with Gasteiger partial charge >= 0.3 is 0 Å². The monoisotopic (exact) mass is 428 g/mol. The molecule has 1 aliphatic rings. The van der Waals surface area contributed by atoms with Crippen molar-refractivity contribution in [1.29, 1.82) is 0 Å². The van der Waals surface area contributed by atoms with E-state index in [9.17, 15) is 0 Å². The number of anilines is 2. The molecular weight excluding hydrogens is 399 g/mol. The van der Waals surface area contributed by atoms with Crippen molar-refractivity contribution >= 4 is 34.9 Å². The smallest absolute Gasteiger partial charge is 0.133 e. The van der Waals surface area contributed by atoms with Crippen LogP contribution in [0.15, 0.2) is 36.4 Å². The van der Waals surface area contributed by atoms with Crippen molar-refractivity contribution in [2.75, 3.05) is 17.2 Å². The third-order valence-corrected chi connectivity index (χ3v) is 6.05. The van der Waals surface area contributed by atoms with E-state index in [1.807, 2.05) is 13.0 Å². The maximum absolute atomic E-state index is 15.1. The minimum Gasteiger partial charge on any atom is -0.384 e. The molecule has 0 radical (unpaired) electrons. The number of nitrogens with zero attached hydrogens (tertiary/aromatic N) is 3. The molecule has 0 atom stereocenters. The van der Waals surface area contributed by atoms with Crippen molar-refractivity contribution in [3.63, 3.8) is 0 Å². The first-order chi connectivity index (χ1) is 14.1. The van der Waals surface area contributed by atoms with Gasteiger partial charge in [-0.05, 0) is 62.6 Å². The van der Waals surface area contributed by atoms with Gasteiger partial charge in [0.05, 0.1) is 11.2 Å². The minimum absolute atomic E-state index is 0. The molecule has 0 aliphatic heterocycles. The Balaban J connectivity index is 0.00000256. The summed E-state index contributed by atoms with van der Waals surface area (Å²) in [6, 6.07) is 11.6. The highest BCUT2D eigenvalue weighted by atomic mass is 35.5. The van der Waals surface area contributed by atoms with Crippen LogP contribution in [0.5, 0.6) is 0 Å².